The van der Waals surface area contributed by atoms with Crippen molar-refractivity contribution in [2.45, 2.75) is 51.4 Å². The lowest BCUT2D eigenvalue weighted by atomic mass is 9.73. The standard InChI is InChI=1S/C22H23F3O/c1-3-4-12-5-7-13(8-6-12)15-11-16-14-9-10-17(26-2)21(24)18(14)19(16)22(25)20(15)23/h9-13H,3-8H2,1-2H3. The molecule has 26 heavy (non-hydrogen) atoms. The van der Waals surface area contributed by atoms with Gasteiger partial charge in [0, 0.05) is 11.1 Å². The average Bonchev–Trinajstić information content (AvgIpc) is 2.63. The lowest BCUT2D eigenvalue weighted by molar-refractivity contribution is 0.303. The van der Waals surface area contributed by atoms with Gasteiger partial charge in [0.25, 0.3) is 0 Å². The number of halogens is 3. The van der Waals surface area contributed by atoms with Gasteiger partial charge in [0.2, 0.25) is 0 Å². The minimum atomic E-state index is -0.923. The van der Waals surface area contributed by atoms with E-state index < -0.39 is 17.5 Å². The minimum absolute atomic E-state index is 0.0486. The largest absolute Gasteiger partial charge is 0.494 e. The maximum absolute atomic E-state index is 14.8. The fourth-order valence-corrected chi connectivity index (χ4v) is 4.69. The Morgan fingerprint density at radius 1 is 0.923 bits per heavy atom. The number of benzene rings is 2. The Kier molecular flexibility index (Phi) is 4.45. The van der Waals surface area contributed by atoms with Gasteiger partial charge in [0.1, 0.15) is 0 Å². The first-order valence-electron chi connectivity index (χ1n) is 9.45. The summed E-state index contributed by atoms with van der Waals surface area (Å²) in [4.78, 5) is 0. The van der Waals surface area contributed by atoms with Crippen molar-refractivity contribution < 1.29 is 17.9 Å². The fraction of sp³-hybridized carbons (Fsp3) is 0.455. The minimum Gasteiger partial charge on any atom is -0.494 e. The molecule has 0 radical (unpaired) electrons. The molecule has 1 fully saturated rings. The predicted octanol–water partition coefficient (Wildman–Crippen LogP) is 6.83. The second-order valence-corrected chi connectivity index (χ2v) is 7.53. The Labute approximate surface area is 152 Å². The Morgan fingerprint density at radius 2 is 1.62 bits per heavy atom. The quantitative estimate of drug-likeness (QED) is 0.495. The average molecular weight is 360 g/mol. The van der Waals surface area contributed by atoms with E-state index in [9.17, 15) is 13.2 Å². The Morgan fingerprint density at radius 3 is 2.27 bits per heavy atom. The third kappa shape index (κ3) is 2.53. The molecule has 0 heterocycles. The normalized spacial score (nSPS) is 21.0. The SMILES string of the molecule is CCCC1CCC(c2cc3c(c(F)c2F)-c2c-3ccc(OC)c2F)CC1. The first-order valence-corrected chi connectivity index (χ1v) is 9.45. The van der Waals surface area contributed by atoms with Gasteiger partial charge >= 0.3 is 0 Å². The molecule has 1 nitrogen and oxygen atoms in total. The highest BCUT2D eigenvalue weighted by Gasteiger charge is 2.36. The Balaban J connectivity index is 1.68. The Bertz CT molecular complexity index is 851. The lowest BCUT2D eigenvalue weighted by Gasteiger charge is -2.32. The van der Waals surface area contributed by atoms with E-state index in [4.69, 9.17) is 4.74 Å². The summed E-state index contributed by atoms with van der Waals surface area (Å²) in [5, 5.41) is 0. The summed E-state index contributed by atoms with van der Waals surface area (Å²) in [5.41, 5.74) is 1.90. The molecule has 2 aliphatic rings. The van der Waals surface area contributed by atoms with E-state index in [0.717, 1.165) is 25.7 Å². The fourth-order valence-electron chi connectivity index (χ4n) is 4.69. The molecular formula is C22H23F3O. The third-order valence-corrected chi connectivity index (χ3v) is 6.08. The number of ether oxygens (including phenoxy) is 1. The van der Waals surface area contributed by atoms with Gasteiger partial charge in [-0.05, 0) is 72.4 Å². The zero-order valence-corrected chi connectivity index (χ0v) is 15.2. The highest BCUT2D eigenvalue weighted by atomic mass is 19.2. The molecule has 4 rings (SSSR count). The van der Waals surface area contributed by atoms with Gasteiger partial charge in [-0.2, -0.15) is 0 Å². The van der Waals surface area contributed by atoms with Crippen molar-refractivity contribution in [2.75, 3.05) is 7.11 Å². The molecule has 2 aliphatic carbocycles. The van der Waals surface area contributed by atoms with E-state index in [1.165, 1.54) is 26.0 Å². The van der Waals surface area contributed by atoms with Crippen molar-refractivity contribution in [1.29, 1.82) is 0 Å². The van der Waals surface area contributed by atoms with E-state index >= 15 is 0 Å². The van der Waals surface area contributed by atoms with Crippen molar-refractivity contribution in [1.82, 2.24) is 0 Å². The molecule has 0 spiro atoms. The van der Waals surface area contributed by atoms with Gasteiger partial charge in [-0.25, -0.2) is 13.2 Å². The first kappa shape index (κ1) is 17.4. The monoisotopic (exact) mass is 360 g/mol. The lowest BCUT2D eigenvalue weighted by Crippen LogP contribution is -2.17. The molecule has 2 aromatic carbocycles. The van der Waals surface area contributed by atoms with Crippen LogP contribution in [-0.4, -0.2) is 7.11 Å². The highest BCUT2D eigenvalue weighted by molar-refractivity contribution is 6.03. The van der Waals surface area contributed by atoms with Crippen LogP contribution < -0.4 is 4.74 Å². The predicted molar refractivity (Wildman–Crippen MR) is 96.9 cm³/mol. The number of hydrogen-bond donors (Lipinski definition) is 0. The smallest absolute Gasteiger partial charge is 0.173 e. The van der Waals surface area contributed by atoms with Crippen molar-refractivity contribution in [3.05, 3.63) is 41.2 Å². The van der Waals surface area contributed by atoms with E-state index in [2.05, 4.69) is 6.92 Å². The second kappa shape index (κ2) is 6.64. The van der Waals surface area contributed by atoms with Crippen LogP contribution in [0.2, 0.25) is 0 Å². The summed E-state index contributed by atoms with van der Waals surface area (Å²) < 4.78 is 49.0. The van der Waals surface area contributed by atoms with Crippen LogP contribution in [0.25, 0.3) is 22.3 Å². The third-order valence-electron chi connectivity index (χ3n) is 6.08. The molecule has 0 aliphatic heterocycles. The zero-order chi connectivity index (χ0) is 18.4. The van der Waals surface area contributed by atoms with Gasteiger partial charge in [-0.15, -0.1) is 0 Å². The molecule has 2 aromatic rings. The molecule has 138 valence electrons. The molecule has 0 bridgehead atoms. The van der Waals surface area contributed by atoms with Gasteiger partial charge in [0.05, 0.1) is 7.11 Å². The van der Waals surface area contributed by atoms with Crippen LogP contribution >= 0.6 is 0 Å². The van der Waals surface area contributed by atoms with Gasteiger partial charge in [-0.3, -0.25) is 0 Å². The van der Waals surface area contributed by atoms with E-state index in [0.29, 0.717) is 22.6 Å². The van der Waals surface area contributed by atoms with Crippen LogP contribution in [0.1, 0.15) is 56.9 Å². The molecule has 0 N–H and O–H groups in total. The van der Waals surface area contributed by atoms with E-state index in [1.54, 1.807) is 12.1 Å². The summed E-state index contributed by atoms with van der Waals surface area (Å²) in [7, 11) is 1.36. The Hall–Kier alpha value is -1.97. The van der Waals surface area contributed by atoms with Crippen molar-refractivity contribution in [3.8, 4) is 28.0 Å². The van der Waals surface area contributed by atoms with Crippen LogP contribution in [0.15, 0.2) is 18.2 Å². The maximum Gasteiger partial charge on any atom is 0.173 e. The summed E-state index contributed by atoms with van der Waals surface area (Å²) in [6, 6.07) is 5.00. The molecule has 0 saturated heterocycles. The van der Waals surface area contributed by atoms with Crippen molar-refractivity contribution in [3.63, 3.8) is 0 Å². The van der Waals surface area contributed by atoms with Crippen LogP contribution in [0, 0.1) is 23.4 Å². The summed E-state index contributed by atoms with van der Waals surface area (Å²) in [5.74, 6) is -1.55. The van der Waals surface area contributed by atoms with Crippen LogP contribution in [0.5, 0.6) is 5.75 Å². The molecule has 0 aromatic heterocycles. The molecule has 0 amide bonds. The van der Waals surface area contributed by atoms with Gasteiger partial charge in [0.15, 0.2) is 23.2 Å². The van der Waals surface area contributed by atoms with Gasteiger partial charge < -0.3 is 4.74 Å². The molecule has 0 unspecified atom stereocenters. The molecule has 1 saturated carbocycles. The highest BCUT2D eigenvalue weighted by Crippen LogP contribution is 2.54. The van der Waals surface area contributed by atoms with E-state index in [-0.39, 0.29) is 22.8 Å². The number of methoxy groups -OCH3 is 1. The number of rotatable bonds is 4. The summed E-state index contributed by atoms with van der Waals surface area (Å²) in [6.07, 6.45) is 6.30. The molecule has 0 atom stereocenters. The van der Waals surface area contributed by atoms with Crippen molar-refractivity contribution in [2.24, 2.45) is 5.92 Å². The zero-order valence-electron chi connectivity index (χ0n) is 15.2. The molecule has 4 heteroatoms. The second-order valence-electron chi connectivity index (χ2n) is 7.53. The van der Waals surface area contributed by atoms with Crippen molar-refractivity contribution >= 4 is 0 Å². The number of hydrogen-bond acceptors (Lipinski definition) is 1. The summed E-state index contributed by atoms with van der Waals surface area (Å²) in [6.45, 7) is 2.18. The molecular weight excluding hydrogens is 337 g/mol. The van der Waals surface area contributed by atoms with E-state index in [1.807, 2.05) is 0 Å². The van der Waals surface area contributed by atoms with Crippen LogP contribution in [-0.2, 0) is 0 Å². The maximum atomic E-state index is 14.8. The van der Waals surface area contributed by atoms with Crippen LogP contribution in [0.3, 0.4) is 0 Å². The van der Waals surface area contributed by atoms with Crippen LogP contribution in [0.4, 0.5) is 13.2 Å². The van der Waals surface area contributed by atoms with Gasteiger partial charge in [-0.1, -0.05) is 19.8 Å². The topological polar surface area (TPSA) is 9.23 Å². The first-order chi connectivity index (χ1) is 12.6. The number of fused-ring (bicyclic) bond motifs is 4. The summed E-state index contributed by atoms with van der Waals surface area (Å²) >= 11 is 0.